The maximum absolute atomic E-state index is 12.5. The van der Waals surface area contributed by atoms with Crippen LogP contribution in [-0.4, -0.2) is 102 Å². The van der Waals surface area contributed by atoms with Crippen molar-refractivity contribution in [2.75, 3.05) is 44.7 Å². The first kappa shape index (κ1) is 25.1. The highest BCUT2D eigenvalue weighted by Gasteiger charge is 2.43. The predicted octanol–water partition coefficient (Wildman–Crippen LogP) is -0.585. The van der Waals surface area contributed by atoms with Crippen molar-refractivity contribution in [3.8, 4) is 6.07 Å². The highest BCUT2D eigenvalue weighted by atomic mass is 16.6. The topological polar surface area (TPSA) is 150 Å². The number of aliphatic hydroxyl groups excluding tert-OH is 4. The number of carbonyl (C=O) groups excluding carboxylic acids is 1. The third-order valence-corrected chi connectivity index (χ3v) is 6.54. The molecule has 35 heavy (non-hydrogen) atoms. The lowest BCUT2D eigenvalue weighted by atomic mass is 9.99. The third-order valence-electron chi connectivity index (χ3n) is 6.54. The molecule has 2 aliphatic heterocycles. The lowest BCUT2D eigenvalue weighted by molar-refractivity contribution is -0.280. The second-order valence-electron chi connectivity index (χ2n) is 9.00. The molecule has 0 radical (unpaired) electrons. The van der Waals surface area contributed by atoms with Gasteiger partial charge in [0.1, 0.15) is 36.1 Å². The van der Waals surface area contributed by atoms with Gasteiger partial charge in [0.2, 0.25) is 0 Å². The molecule has 2 aliphatic rings. The molecular weight excluding hydrogens is 452 g/mol. The van der Waals surface area contributed by atoms with Crippen molar-refractivity contribution in [1.82, 2.24) is 10.2 Å². The van der Waals surface area contributed by atoms with Crippen molar-refractivity contribution in [3.63, 3.8) is 0 Å². The van der Waals surface area contributed by atoms with Gasteiger partial charge in [-0.2, -0.15) is 5.26 Å². The van der Waals surface area contributed by atoms with Crippen LogP contribution in [0.4, 0.5) is 5.69 Å². The van der Waals surface area contributed by atoms with Crippen LogP contribution in [0.25, 0.3) is 16.8 Å². The third kappa shape index (κ3) is 5.62. The Morgan fingerprint density at radius 1 is 1.06 bits per heavy atom. The molecule has 0 aromatic heterocycles. The number of amides is 1. The van der Waals surface area contributed by atoms with E-state index in [0.29, 0.717) is 5.56 Å². The first-order valence-corrected chi connectivity index (χ1v) is 11.5. The van der Waals surface area contributed by atoms with Gasteiger partial charge in [0, 0.05) is 38.4 Å². The summed E-state index contributed by atoms with van der Waals surface area (Å²) in [5.41, 5.74) is 1.70. The van der Waals surface area contributed by atoms with Crippen LogP contribution in [-0.2, 0) is 9.53 Å². The smallest absolute Gasteiger partial charge is 0.262 e. The number of hydrogen-bond acceptors (Lipinski definition) is 9. The number of hydrogen-bond donors (Lipinski definition) is 5. The molecule has 5 atom stereocenters. The summed E-state index contributed by atoms with van der Waals surface area (Å²) in [5, 5.41) is 52.9. The second kappa shape index (κ2) is 10.7. The molecule has 186 valence electrons. The Labute approximate surface area is 203 Å². The molecule has 10 heteroatoms. The van der Waals surface area contributed by atoms with Gasteiger partial charge >= 0.3 is 0 Å². The summed E-state index contributed by atoms with van der Waals surface area (Å²) in [6, 6.07) is 13.8. The van der Waals surface area contributed by atoms with E-state index in [2.05, 4.69) is 34.3 Å². The highest BCUT2D eigenvalue weighted by molar-refractivity contribution is 6.02. The van der Waals surface area contributed by atoms with Gasteiger partial charge in [0.05, 0.1) is 0 Å². The normalized spacial score (nSPS) is 28.1. The number of likely N-dealkylation sites (N-methyl/N-ethyl adjacent to an activating group) is 1. The van der Waals surface area contributed by atoms with Crippen LogP contribution in [0.1, 0.15) is 5.56 Å². The van der Waals surface area contributed by atoms with Gasteiger partial charge in [0.25, 0.3) is 5.91 Å². The molecule has 0 spiro atoms. The number of rotatable bonds is 5. The Kier molecular flexibility index (Phi) is 7.66. The van der Waals surface area contributed by atoms with Crippen LogP contribution < -0.4 is 10.2 Å². The van der Waals surface area contributed by atoms with Crippen LogP contribution >= 0.6 is 0 Å². The van der Waals surface area contributed by atoms with Crippen LogP contribution in [0.2, 0.25) is 0 Å². The SMILES string of the molecule is CN1CCN(c2ccc3cc(/C=C(\C#N)C(=O)NC[C@H]4O[C@@H](O)[C@H](O)[C@@H](O)[C@@H]4O)ccc3c2)CC1. The monoisotopic (exact) mass is 482 g/mol. The molecule has 5 N–H and O–H groups in total. The number of fused-ring (bicyclic) bond motifs is 1. The summed E-state index contributed by atoms with van der Waals surface area (Å²) < 4.78 is 5.04. The summed E-state index contributed by atoms with van der Waals surface area (Å²) in [4.78, 5) is 17.2. The minimum Gasteiger partial charge on any atom is -0.388 e. The van der Waals surface area contributed by atoms with Gasteiger partial charge in [-0.25, -0.2) is 0 Å². The van der Waals surface area contributed by atoms with E-state index in [0.717, 1.165) is 37.0 Å². The van der Waals surface area contributed by atoms with Crippen LogP contribution in [0.5, 0.6) is 0 Å². The maximum atomic E-state index is 12.5. The van der Waals surface area contributed by atoms with Gasteiger partial charge < -0.3 is 40.3 Å². The number of nitrogens with zero attached hydrogens (tertiary/aromatic N) is 3. The summed E-state index contributed by atoms with van der Waals surface area (Å²) in [6.45, 7) is 3.73. The average molecular weight is 483 g/mol. The number of ether oxygens (including phenoxy) is 1. The van der Waals surface area contributed by atoms with Crippen LogP contribution in [0, 0.1) is 11.3 Å². The first-order valence-electron chi connectivity index (χ1n) is 11.5. The Balaban J connectivity index is 1.43. The Bertz CT molecular complexity index is 1140. The van der Waals surface area contributed by atoms with E-state index in [1.54, 1.807) is 0 Å². The molecule has 2 saturated heterocycles. The van der Waals surface area contributed by atoms with E-state index >= 15 is 0 Å². The quantitative estimate of drug-likeness (QED) is 0.279. The Morgan fingerprint density at radius 3 is 2.46 bits per heavy atom. The van der Waals surface area contributed by atoms with Gasteiger partial charge in [-0.3, -0.25) is 4.79 Å². The van der Waals surface area contributed by atoms with Gasteiger partial charge in [-0.05, 0) is 47.7 Å². The van der Waals surface area contributed by atoms with E-state index in [1.807, 2.05) is 30.3 Å². The molecular formula is C25H30N4O6. The molecule has 2 heterocycles. The largest absolute Gasteiger partial charge is 0.388 e. The second-order valence-corrected chi connectivity index (χ2v) is 9.00. The molecule has 4 rings (SSSR count). The lowest BCUT2D eigenvalue weighted by Crippen LogP contribution is -2.60. The van der Waals surface area contributed by atoms with E-state index in [-0.39, 0.29) is 12.1 Å². The number of nitriles is 1. The molecule has 2 aromatic rings. The average Bonchev–Trinajstić information content (AvgIpc) is 2.87. The summed E-state index contributed by atoms with van der Waals surface area (Å²) in [5.74, 6) is -0.691. The Morgan fingerprint density at radius 2 is 1.74 bits per heavy atom. The molecule has 2 aromatic carbocycles. The zero-order chi connectivity index (χ0) is 25.1. The lowest BCUT2D eigenvalue weighted by Gasteiger charge is -2.38. The van der Waals surface area contributed by atoms with Crippen molar-refractivity contribution >= 4 is 28.4 Å². The number of nitrogens with one attached hydrogen (secondary N) is 1. The van der Waals surface area contributed by atoms with E-state index < -0.39 is 36.6 Å². The summed E-state index contributed by atoms with van der Waals surface area (Å²) in [7, 11) is 2.12. The van der Waals surface area contributed by atoms with E-state index in [1.165, 1.54) is 11.8 Å². The molecule has 0 saturated carbocycles. The fourth-order valence-corrected chi connectivity index (χ4v) is 4.31. The van der Waals surface area contributed by atoms with Crippen LogP contribution in [0.3, 0.4) is 0 Å². The first-order chi connectivity index (χ1) is 16.8. The number of anilines is 1. The number of benzene rings is 2. The summed E-state index contributed by atoms with van der Waals surface area (Å²) in [6.07, 6.45) is -6.18. The molecule has 0 bridgehead atoms. The van der Waals surface area contributed by atoms with Crippen molar-refractivity contribution in [1.29, 1.82) is 5.26 Å². The molecule has 1 amide bonds. The number of piperazine rings is 1. The molecule has 2 fully saturated rings. The van der Waals surface area contributed by atoms with Gasteiger partial charge in [0.15, 0.2) is 6.29 Å². The molecule has 10 nitrogen and oxygen atoms in total. The maximum Gasteiger partial charge on any atom is 0.262 e. The van der Waals surface area contributed by atoms with Gasteiger partial charge in [-0.15, -0.1) is 0 Å². The standard InChI is InChI=1S/C25H30N4O6/c1-28-6-8-29(9-7-28)19-5-4-16-10-15(2-3-17(16)12-19)11-18(13-26)24(33)27-14-20-21(30)22(31)23(32)25(34)35-20/h2-5,10-12,20-23,25,30-32,34H,6-9,14H2,1H3,(H,27,33)/b18-11+/t20-,21-,22+,23-,25-/m1/s1. The summed E-state index contributed by atoms with van der Waals surface area (Å²) >= 11 is 0. The molecule has 0 unspecified atom stereocenters. The van der Waals surface area contributed by atoms with Gasteiger partial charge in [-0.1, -0.05) is 18.2 Å². The minimum absolute atomic E-state index is 0.148. The number of carbonyl (C=O) groups is 1. The zero-order valence-corrected chi connectivity index (χ0v) is 19.4. The van der Waals surface area contributed by atoms with E-state index in [9.17, 15) is 30.5 Å². The van der Waals surface area contributed by atoms with Crippen molar-refractivity contribution in [2.24, 2.45) is 0 Å². The van der Waals surface area contributed by atoms with Crippen molar-refractivity contribution < 1.29 is 30.0 Å². The molecule has 0 aliphatic carbocycles. The zero-order valence-electron chi connectivity index (χ0n) is 19.4. The predicted molar refractivity (Wildman–Crippen MR) is 129 cm³/mol. The van der Waals surface area contributed by atoms with E-state index in [4.69, 9.17) is 4.74 Å². The fourth-order valence-electron chi connectivity index (χ4n) is 4.31. The Hall–Kier alpha value is -3.04. The number of aliphatic hydroxyl groups is 4. The van der Waals surface area contributed by atoms with Crippen molar-refractivity contribution in [3.05, 3.63) is 47.5 Å². The highest BCUT2D eigenvalue weighted by Crippen LogP contribution is 2.25. The van der Waals surface area contributed by atoms with Crippen LogP contribution in [0.15, 0.2) is 42.0 Å². The fraction of sp³-hybridized carbons (Fsp3) is 0.440. The van der Waals surface area contributed by atoms with Crippen molar-refractivity contribution in [2.45, 2.75) is 30.7 Å². The minimum atomic E-state index is -1.70.